The lowest BCUT2D eigenvalue weighted by atomic mass is 9.97. The Labute approximate surface area is 116 Å². The second kappa shape index (κ2) is 6.54. The number of carboxylic acid groups (broad SMARTS) is 1. The van der Waals surface area contributed by atoms with E-state index in [2.05, 4.69) is 0 Å². The van der Waals surface area contributed by atoms with Crippen molar-refractivity contribution >= 4 is 5.97 Å². The number of ether oxygens (including phenoxy) is 2. The minimum absolute atomic E-state index is 0.0872. The lowest BCUT2D eigenvalue weighted by molar-refractivity contribution is -0.137. The van der Waals surface area contributed by atoms with Crippen molar-refractivity contribution in [2.75, 3.05) is 14.2 Å². The summed E-state index contributed by atoms with van der Waals surface area (Å²) in [6, 6.07) is 2.73. The van der Waals surface area contributed by atoms with Crippen LogP contribution in [0.4, 0.5) is 8.78 Å². The van der Waals surface area contributed by atoms with Gasteiger partial charge in [-0.15, -0.1) is 0 Å². The van der Waals surface area contributed by atoms with Crippen LogP contribution in [0.1, 0.15) is 30.4 Å². The molecule has 0 radical (unpaired) electrons. The molecule has 0 saturated carbocycles. The van der Waals surface area contributed by atoms with Crippen molar-refractivity contribution in [1.82, 2.24) is 0 Å². The number of halogens is 2. The minimum atomic E-state index is -3.10. The zero-order chi connectivity index (χ0) is 15.3. The van der Waals surface area contributed by atoms with Crippen molar-refractivity contribution in [2.45, 2.75) is 32.1 Å². The first kappa shape index (κ1) is 16.2. The fraction of sp³-hybridized carbons (Fsp3) is 0.500. The Hall–Kier alpha value is -1.85. The van der Waals surface area contributed by atoms with Gasteiger partial charge >= 0.3 is 5.97 Å². The van der Waals surface area contributed by atoms with Crippen LogP contribution in [0.2, 0.25) is 0 Å². The third-order valence-corrected chi connectivity index (χ3v) is 3.01. The van der Waals surface area contributed by atoms with E-state index in [0.29, 0.717) is 11.3 Å². The molecule has 0 unspecified atom stereocenters. The molecule has 1 aromatic rings. The van der Waals surface area contributed by atoms with Gasteiger partial charge in [-0.2, -0.15) is 0 Å². The first-order valence-electron chi connectivity index (χ1n) is 6.14. The molecule has 0 aliphatic carbocycles. The van der Waals surface area contributed by atoms with Crippen molar-refractivity contribution in [3.8, 4) is 11.5 Å². The van der Waals surface area contributed by atoms with E-state index in [1.165, 1.54) is 26.4 Å². The zero-order valence-corrected chi connectivity index (χ0v) is 11.7. The monoisotopic (exact) mass is 288 g/mol. The number of alkyl halides is 2. The lowest BCUT2D eigenvalue weighted by Crippen LogP contribution is -2.16. The third kappa shape index (κ3) is 3.82. The Bertz CT molecular complexity index is 486. The van der Waals surface area contributed by atoms with Gasteiger partial charge in [-0.05, 0) is 31.0 Å². The average molecular weight is 288 g/mol. The topological polar surface area (TPSA) is 55.8 Å². The molecule has 0 heterocycles. The molecule has 0 atom stereocenters. The predicted octanol–water partition coefficient (Wildman–Crippen LogP) is 3.36. The first-order valence-corrected chi connectivity index (χ1v) is 6.14. The van der Waals surface area contributed by atoms with Crippen LogP contribution in [-0.2, 0) is 10.7 Å². The number of hydrogen-bond donors (Lipinski definition) is 1. The summed E-state index contributed by atoms with van der Waals surface area (Å²) in [5, 5.41) is 8.50. The normalized spacial score (nSPS) is 11.2. The maximum atomic E-state index is 14.1. The summed E-state index contributed by atoms with van der Waals surface area (Å²) in [5.74, 6) is -3.56. The third-order valence-electron chi connectivity index (χ3n) is 3.01. The molecule has 0 bridgehead atoms. The number of carboxylic acids is 1. The summed E-state index contributed by atoms with van der Waals surface area (Å²) >= 11 is 0. The predicted molar refractivity (Wildman–Crippen MR) is 69.7 cm³/mol. The maximum absolute atomic E-state index is 14.1. The standard InChI is InChI=1S/C14H18F2O4/c1-9-7-11(19-2)12(20-3)8-10(9)14(15,16)6-4-5-13(17)18/h7-8H,4-6H2,1-3H3,(H,17,18). The van der Waals surface area contributed by atoms with Crippen molar-refractivity contribution in [1.29, 1.82) is 0 Å². The largest absolute Gasteiger partial charge is 0.493 e. The maximum Gasteiger partial charge on any atom is 0.303 e. The number of methoxy groups -OCH3 is 2. The average Bonchev–Trinajstić information content (AvgIpc) is 2.37. The summed E-state index contributed by atoms with van der Waals surface area (Å²) in [6.45, 7) is 1.56. The number of benzene rings is 1. The molecule has 0 fully saturated rings. The van der Waals surface area contributed by atoms with Gasteiger partial charge in [0.1, 0.15) is 0 Å². The Morgan fingerprint density at radius 1 is 1.25 bits per heavy atom. The molecule has 4 nitrogen and oxygen atoms in total. The quantitative estimate of drug-likeness (QED) is 0.836. The number of aliphatic carboxylic acids is 1. The van der Waals surface area contributed by atoms with Crippen LogP contribution in [0.5, 0.6) is 11.5 Å². The molecular formula is C14H18F2O4. The number of aryl methyl sites for hydroxylation is 1. The first-order chi connectivity index (χ1) is 9.31. The fourth-order valence-electron chi connectivity index (χ4n) is 1.97. The molecule has 0 aliphatic rings. The van der Waals surface area contributed by atoms with Crippen LogP contribution < -0.4 is 9.47 Å². The van der Waals surface area contributed by atoms with Crippen LogP contribution in [0.3, 0.4) is 0 Å². The smallest absolute Gasteiger partial charge is 0.303 e. The van der Waals surface area contributed by atoms with E-state index in [0.717, 1.165) is 0 Å². The lowest BCUT2D eigenvalue weighted by Gasteiger charge is -2.20. The van der Waals surface area contributed by atoms with Gasteiger partial charge in [0, 0.05) is 18.4 Å². The van der Waals surface area contributed by atoms with E-state index in [-0.39, 0.29) is 24.2 Å². The second-order valence-corrected chi connectivity index (χ2v) is 4.47. The summed E-state index contributed by atoms with van der Waals surface area (Å²) in [6.07, 6.45) is -0.881. The minimum Gasteiger partial charge on any atom is -0.493 e. The highest BCUT2D eigenvalue weighted by molar-refractivity contribution is 5.66. The van der Waals surface area contributed by atoms with Crippen LogP contribution in [0.15, 0.2) is 12.1 Å². The van der Waals surface area contributed by atoms with E-state index in [1.54, 1.807) is 6.92 Å². The highest BCUT2D eigenvalue weighted by Gasteiger charge is 2.33. The molecule has 0 aliphatic heterocycles. The molecule has 0 amide bonds. The molecule has 20 heavy (non-hydrogen) atoms. The molecule has 112 valence electrons. The van der Waals surface area contributed by atoms with Gasteiger partial charge in [0.15, 0.2) is 11.5 Å². The fourth-order valence-corrected chi connectivity index (χ4v) is 1.97. The Morgan fingerprint density at radius 2 is 1.80 bits per heavy atom. The number of carbonyl (C=O) groups is 1. The van der Waals surface area contributed by atoms with Gasteiger partial charge in [-0.3, -0.25) is 4.79 Å². The van der Waals surface area contributed by atoms with E-state index in [1.807, 2.05) is 0 Å². The Kier molecular flexibility index (Phi) is 5.30. The summed E-state index contributed by atoms with van der Waals surface area (Å²) in [7, 11) is 2.81. The number of rotatable bonds is 7. The SMILES string of the molecule is COc1cc(C)c(C(F)(F)CCCC(=O)O)cc1OC. The van der Waals surface area contributed by atoms with Crippen molar-refractivity contribution in [2.24, 2.45) is 0 Å². The van der Waals surface area contributed by atoms with Crippen LogP contribution >= 0.6 is 0 Å². The molecule has 6 heteroatoms. The van der Waals surface area contributed by atoms with Crippen LogP contribution in [-0.4, -0.2) is 25.3 Å². The van der Waals surface area contributed by atoms with Crippen molar-refractivity contribution < 1.29 is 28.2 Å². The van der Waals surface area contributed by atoms with Gasteiger partial charge in [0.05, 0.1) is 14.2 Å². The summed E-state index contributed by atoms with van der Waals surface area (Å²) in [4.78, 5) is 10.4. The van der Waals surface area contributed by atoms with Crippen molar-refractivity contribution in [3.63, 3.8) is 0 Å². The molecule has 1 aromatic carbocycles. The van der Waals surface area contributed by atoms with Gasteiger partial charge < -0.3 is 14.6 Å². The van der Waals surface area contributed by atoms with E-state index in [9.17, 15) is 13.6 Å². The molecular weight excluding hydrogens is 270 g/mol. The van der Waals surface area contributed by atoms with E-state index in [4.69, 9.17) is 14.6 Å². The van der Waals surface area contributed by atoms with Gasteiger partial charge in [-0.1, -0.05) is 0 Å². The van der Waals surface area contributed by atoms with E-state index >= 15 is 0 Å². The van der Waals surface area contributed by atoms with Gasteiger partial charge in [0.25, 0.3) is 5.92 Å². The Balaban J connectivity index is 3.01. The Morgan fingerprint density at radius 3 is 2.30 bits per heavy atom. The highest BCUT2D eigenvalue weighted by atomic mass is 19.3. The van der Waals surface area contributed by atoms with E-state index < -0.39 is 18.3 Å². The molecule has 1 N–H and O–H groups in total. The highest BCUT2D eigenvalue weighted by Crippen LogP contribution is 2.40. The molecule has 0 aromatic heterocycles. The van der Waals surface area contributed by atoms with Crippen LogP contribution in [0, 0.1) is 6.92 Å². The van der Waals surface area contributed by atoms with Gasteiger partial charge in [-0.25, -0.2) is 8.78 Å². The zero-order valence-electron chi connectivity index (χ0n) is 11.7. The summed E-state index contributed by atoms with van der Waals surface area (Å²) in [5.41, 5.74) is 0.212. The van der Waals surface area contributed by atoms with Crippen LogP contribution in [0.25, 0.3) is 0 Å². The van der Waals surface area contributed by atoms with Gasteiger partial charge in [0.2, 0.25) is 0 Å². The number of hydrogen-bond acceptors (Lipinski definition) is 3. The summed E-state index contributed by atoms with van der Waals surface area (Å²) < 4.78 is 38.3. The molecule has 0 spiro atoms. The second-order valence-electron chi connectivity index (χ2n) is 4.47. The van der Waals surface area contributed by atoms with Crippen molar-refractivity contribution in [3.05, 3.63) is 23.3 Å². The molecule has 1 rings (SSSR count). The molecule has 0 saturated heterocycles.